The van der Waals surface area contributed by atoms with Crippen molar-refractivity contribution in [1.82, 2.24) is 10.2 Å². The molecule has 0 unspecified atom stereocenters. The molecule has 0 saturated carbocycles. The first kappa shape index (κ1) is 16.5. The molecule has 0 aliphatic carbocycles. The minimum atomic E-state index is -0.415. The second kappa shape index (κ2) is 7.26. The van der Waals surface area contributed by atoms with Gasteiger partial charge >= 0.3 is 0 Å². The van der Waals surface area contributed by atoms with Crippen molar-refractivity contribution in [2.24, 2.45) is 0 Å². The number of aliphatic hydroxyl groups excluding tert-OH is 1. The van der Waals surface area contributed by atoms with E-state index in [0.717, 1.165) is 11.3 Å². The highest BCUT2D eigenvalue weighted by Crippen LogP contribution is 2.16. The number of carbonyl (C=O) groups is 1. The van der Waals surface area contributed by atoms with Crippen LogP contribution in [0.2, 0.25) is 0 Å². The SMILES string of the molecule is COc1ccccc1CNC(=O)CN(C)C(C)(C)CO. The Bertz CT molecular complexity index is 446. The number of likely N-dealkylation sites (N-methyl/N-ethyl adjacent to an activating group) is 1. The summed E-state index contributed by atoms with van der Waals surface area (Å²) in [6, 6.07) is 7.58. The van der Waals surface area contributed by atoms with Crippen LogP contribution in [0.25, 0.3) is 0 Å². The molecule has 1 aromatic rings. The zero-order valence-corrected chi connectivity index (χ0v) is 12.6. The highest BCUT2D eigenvalue weighted by atomic mass is 16.5. The lowest BCUT2D eigenvalue weighted by molar-refractivity contribution is -0.123. The fourth-order valence-corrected chi connectivity index (χ4v) is 1.65. The Kier molecular flexibility index (Phi) is 5.98. The van der Waals surface area contributed by atoms with Crippen LogP contribution in [0.15, 0.2) is 24.3 Å². The summed E-state index contributed by atoms with van der Waals surface area (Å²) in [5, 5.41) is 12.1. The maximum atomic E-state index is 11.9. The van der Waals surface area contributed by atoms with Gasteiger partial charge in [0.1, 0.15) is 5.75 Å². The summed E-state index contributed by atoms with van der Waals surface area (Å²) in [4.78, 5) is 13.7. The number of para-hydroxylation sites is 1. The molecule has 0 atom stereocenters. The van der Waals surface area contributed by atoms with Gasteiger partial charge in [-0.1, -0.05) is 18.2 Å². The van der Waals surface area contributed by atoms with Crippen LogP contribution in [0.3, 0.4) is 0 Å². The van der Waals surface area contributed by atoms with Crippen molar-refractivity contribution in [3.8, 4) is 5.75 Å². The second-order valence-electron chi connectivity index (χ2n) is 5.42. The van der Waals surface area contributed by atoms with Crippen LogP contribution in [0.5, 0.6) is 5.75 Å². The number of amides is 1. The van der Waals surface area contributed by atoms with E-state index in [1.165, 1.54) is 0 Å². The average Bonchev–Trinajstić information content (AvgIpc) is 2.45. The molecule has 0 aliphatic heterocycles. The van der Waals surface area contributed by atoms with Crippen molar-refractivity contribution in [3.05, 3.63) is 29.8 Å². The molecule has 0 saturated heterocycles. The van der Waals surface area contributed by atoms with E-state index in [0.29, 0.717) is 6.54 Å². The average molecular weight is 280 g/mol. The van der Waals surface area contributed by atoms with Gasteiger partial charge in [-0.25, -0.2) is 0 Å². The second-order valence-corrected chi connectivity index (χ2v) is 5.42. The van der Waals surface area contributed by atoms with E-state index in [-0.39, 0.29) is 19.1 Å². The Morgan fingerprint density at radius 1 is 1.40 bits per heavy atom. The summed E-state index contributed by atoms with van der Waals surface area (Å²) >= 11 is 0. The van der Waals surface area contributed by atoms with Gasteiger partial charge in [-0.3, -0.25) is 9.69 Å². The third-order valence-corrected chi connectivity index (χ3v) is 3.47. The first-order chi connectivity index (χ1) is 9.40. The fraction of sp³-hybridized carbons (Fsp3) is 0.533. The van der Waals surface area contributed by atoms with Crippen LogP contribution in [-0.4, -0.2) is 48.8 Å². The van der Waals surface area contributed by atoms with Gasteiger partial charge in [0.15, 0.2) is 0 Å². The smallest absolute Gasteiger partial charge is 0.234 e. The van der Waals surface area contributed by atoms with E-state index in [1.807, 2.05) is 50.1 Å². The van der Waals surface area contributed by atoms with Crippen LogP contribution in [0.1, 0.15) is 19.4 Å². The van der Waals surface area contributed by atoms with Gasteiger partial charge in [-0.2, -0.15) is 0 Å². The molecule has 1 aromatic carbocycles. The lowest BCUT2D eigenvalue weighted by atomic mass is 10.1. The van der Waals surface area contributed by atoms with E-state index < -0.39 is 5.54 Å². The molecular formula is C15H24N2O3. The molecular weight excluding hydrogens is 256 g/mol. The number of rotatable bonds is 7. The summed E-state index contributed by atoms with van der Waals surface area (Å²) in [5.74, 6) is 0.678. The topological polar surface area (TPSA) is 61.8 Å². The quantitative estimate of drug-likeness (QED) is 0.782. The Labute approximate surface area is 120 Å². The summed E-state index contributed by atoms with van der Waals surface area (Å²) in [6.07, 6.45) is 0. The number of aliphatic hydroxyl groups is 1. The number of ether oxygens (including phenoxy) is 1. The van der Waals surface area contributed by atoms with E-state index >= 15 is 0 Å². The van der Waals surface area contributed by atoms with Crippen LogP contribution in [0.4, 0.5) is 0 Å². The minimum absolute atomic E-state index is 0.00326. The third-order valence-electron chi connectivity index (χ3n) is 3.47. The molecule has 0 spiro atoms. The lowest BCUT2D eigenvalue weighted by Crippen LogP contribution is -2.48. The number of nitrogens with one attached hydrogen (secondary N) is 1. The largest absolute Gasteiger partial charge is 0.496 e. The normalized spacial score (nSPS) is 11.5. The van der Waals surface area contributed by atoms with Crippen LogP contribution in [-0.2, 0) is 11.3 Å². The van der Waals surface area contributed by atoms with E-state index in [1.54, 1.807) is 7.11 Å². The molecule has 0 radical (unpaired) electrons. The molecule has 0 aromatic heterocycles. The Balaban J connectivity index is 2.52. The third kappa shape index (κ3) is 4.51. The molecule has 0 heterocycles. The fourth-order valence-electron chi connectivity index (χ4n) is 1.65. The Hall–Kier alpha value is -1.59. The predicted molar refractivity (Wildman–Crippen MR) is 78.6 cm³/mol. The maximum Gasteiger partial charge on any atom is 0.234 e. The van der Waals surface area contributed by atoms with E-state index in [4.69, 9.17) is 4.74 Å². The van der Waals surface area contributed by atoms with Gasteiger partial charge in [0.2, 0.25) is 5.91 Å². The number of benzene rings is 1. The summed E-state index contributed by atoms with van der Waals surface area (Å²) in [6.45, 7) is 4.45. The van der Waals surface area contributed by atoms with Gasteiger partial charge in [-0.05, 0) is 27.0 Å². The molecule has 0 bridgehead atoms. The molecule has 0 fully saturated rings. The summed E-state index contributed by atoms with van der Waals surface area (Å²) in [7, 11) is 3.43. The van der Waals surface area contributed by atoms with Crippen molar-refractivity contribution in [3.63, 3.8) is 0 Å². The van der Waals surface area contributed by atoms with Gasteiger partial charge in [0.25, 0.3) is 0 Å². The van der Waals surface area contributed by atoms with Gasteiger partial charge in [0.05, 0.1) is 20.3 Å². The van der Waals surface area contributed by atoms with Gasteiger partial charge in [0, 0.05) is 17.6 Å². The Morgan fingerprint density at radius 2 is 2.05 bits per heavy atom. The summed E-state index contributed by atoms with van der Waals surface area (Å²) < 4.78 is 5.24. The van der Waals surface area contributed by atoms with Crippen molar-refractivity contribution >= 4 is 5.91 Å². The Morgan fingerprint density at radius 3 is 2.65 bits per heavy atom. The highest BCUT2D eigenvalue weighted by molar-refractivity contribution is 5.78. The maximum absolute atomic E-state index is 11.9. The van der Waals surface area contributed by atoms with Crippen LogP contribution < -0.4 is 10.1 Å². The number of nitrogens with zero attached hydrogens (tertiary/aromatic N) is 1. The number of carbonyl (C=O) groups excluding carboxylic acids is 1. The molecule has 1 rings (SSSR count). The van der Waals surface area contributed by atoms with Crippen molar-refractivity contribution in [1.29, 1.82) is 0 Å². The first-order valence-electron chi connectivity index (χ1n) is 6.61. The monoisotopic (exact) mass is 280 g/mol. The van der Waals surface area contributed by atoms with E-state index in [2.05, 4.69) is 5.32 Å². The van der Waals surface area contributed by atoms with Gasteiger partial charge < -0.3 is 15.2 Å². The molecule has 20 heavy (non-hydrogen) atoms. The number of methoxy groups -OCH3 is 1. The number of hydrogen-bond acceptors (Lipinski definition) is 4. The van der Waals surface area contributed by atoms with E-state index in [9.17, 15) is 9.90 Å². The zero-order chi connectivity index (χ0) is 15.2. The minimum Gasteiger partial charge on any atom is -0.496 e. The van der Waals surface area contributed by atoms with Crippen LogP contribution >= 0.6 is 0 Å². The van der Waals surface area contributed by atoms with Crippen molar-refractivity contribution in [2.45, 2.75) is 25.9 Å². The number of hydrogen-bond donors (Lipinski definition) is 2. The van der Waals surface area contributed by atoms with Gasteiger partial charge in [-0.15, -0.1) is 0 Å². The molecule has 0 aliphatic rings. The van der Waals surface area contributed by atoms with Crippen LogP contribution in [0, 0.1) is 0 Å². The van der Waals surface area contributed by atoms with Crippen molar-refractivity contribution < 1.29 is 14.6 Å². The molecule has 112 valence electrons. The summed E-state index contributed by atoms with van der Waals surface area (Å²) in [5.41, 5.74) is 0.523. The standard InChI is InChI=1S/C15H24N2O3/c1-15(2,11-18)17(3)10-14(19)16-9-12-7-5-6-8-13(12)20-4/h5-8,18H,9-11H2,1-4H3,(H,16,19). The zero-order valence-electron chi connectivity index (χ0n) is 12.6. The molecule has 1 amide bonds. The predicted octanol–water partition coefficient (Wildman–Crippen LogP) is 1.01. The molecule has 5 nitrogen and oxygen atoms in total. The molecule has 5 heteroatoms. The van der Waals surface area contributed by atoms with Crippen molar-refractivity contribution in [2.75, 3.05) is 27.3 Å². The highest BCUT2D eigenvalue weighted by Gasteiger charge is 2.24. The molecule has 2 N–H and O–H groups in total. The first-order valence-corrected chi connectivity index (χ1v) is 6.61. The lowest BCUT2D eigenvalue weighted by Gasteiger charge is -2.33.